The summed E-state index contributed by atoms with van der Waals surface area (Å²) in [5.41, 5.74) is 2.51. The van der Waals surface area contributed by atoms with Crippen LogP contribution < -0.4 is 0 Å². The predicted molar refractivity (Wildman–Crippen MR) is 44.6 cm³/mol. The lowest BCUT2D eigenvalue weighted by atomic mass is 10.3. The van der Waals surface area contributed by atoms with E-state index in [1.807, 2.05) is 18.6 Å². The molecule has 0 saturated carbocycles. The van der Waals surface area contributed by atoms with E-state index in [0.717, 1.165) is 6.42 Å². The van der Waals surface area contributed by atoms with Gasteiger partial charge >= 0.3 is 0 Å². The van der Waals surface area contributed by atoms with Crippen molar-refractivity contribution < 1.29 is 0 Å². The van der Waals surface area contributed by atoms with Crippen molar-refractivity contribution in [2.24, 2.45) is 0 Å². The van der Waals surface area contributed by atoms with Gasteiger partial charge in [-0.3, -0.25) is 4.98 Å². The molecule has 0 unspecified atom stereocenters. The van der Waals surface area contributed by atoms with Crippen LogP contribution in [0, 0.1) is 0 Å². The molecule has 2 aromatic heterocycles. The van der Waals surface area contributed by atoms with Crippen molar-refractivity contribution in [1.82, 2.24) is 9.38 Å². The van der Waals surface area contributed by atoms with E-state index < -0.39 is 0 Å². The van der Waals surface area contributed by atoms with Crippen molar-refractivity contribution in [2.75, 3.05) is 0 Å². The third-order valence-corrected chi connectivity index (χ3v) is 1.90. The summed E-state index contributed by atoms with van der Waals surface area (Å²) in [6, 6.07) is 4.23. The van der Waals surface area contributed by atoms with Crippen LogP contribution in [-0.2, 0) is 6.42 Å². The number of fused-ring (bicyclic) bond motifs is 1. The van der Waals surface area contributed by atoms with Crippen LogP contribution in [0.3, 0.4) is 0 Å². The summed E-state index contributed by atoms with van der Waals surface area (Å²) in [4.78, 5) is 4.04. The van der Waals surface area contributed by atoms with Gasteiger partial charge < -0.3 is 4.40 Å². The van der Waals surface area contributed by atoms with E-state index in [0.29, 0.717) is 0 Å². The normalized spacial score (nSPS) is 10.6. The summed E-state index contributed by atoms with van der Waals surface area (Å²) < 4.78 is 2.16. The van der Waals surface area contributed by atoms with E-state index >= 15 is 0 Å². The second kappa shape index (κ2) is 2.38. The first-order chi connectivity index (χ1) is 5.42. The zero-order valence-corrected chi connectivity index (χ0v) is 6.49. The summed E-state index contributed by atoms with van der Waals surface area (Å²) in [5, 5.41) is 0. The number of rotatable bonds is 1. The molecule has 0 aromatic carbocycles. The second-order valence-corrected chi connectivity index (χ2v) is 2.55. The summed E-state index contributed by atoms with van der Waals surface area (Å²) >= 11 is 0. The Balaban J connectivity index is 2.76. The third-order valence-electron chi connectivity index (χ3n) is 1.90. The molecule has 0 fully saturated rings. The molecule has 0 N–H and O–H groups in total. The molecule has 0 saturated heterocycles. The van der Waals surface area contributed by atoms with E-state index in [2.05, 4.69) is 28.4 Å². The molecule has 0 aliphatic carbocycles. The molecule has 11 heavy (non-hydrogen) atoms. The highest BCUT2D eigenvalue weighted by atomic mass is 14.9. The quantitative estimate of drug-likeness (QED) is 0.600. The molecule has 0 aliphatic rings. The fourth-order valence-corrected chi connectivity index (χ4v) is 1.31. The van der Waals surface area contributed by atoms with Gasteiger partial charge in [-0.05, 0) is 18.6 Å². The van der Waals surface area contributed by atoms with Gasteiger partial charge in [-0.15, -0.1) is 0 Å². The van der Waals surface area contributed by atoms with Crippen LogP contribution in [0.4, 0.5) is 0 Å². The van der Waals surface area contributed by atoms with Crippen LogP contribution in [0.5, 0.6) is 0 Å². The van der Waals surface area contributed by atoms with Crippen molar-refractivity contribution in [3.63, 3.8) is 0 Å². The lowest BCUT2D eigenvalue weighted by Crippen LogP contribution is -1.89. The van der Waals surface area contributed by atoms with Crippen molar-refractivity contribution >= 4 is 5.52 Å². The van der Waals surface area contributed by atoms with Crippen LogP contribution in [0.15, 0.2) is 30.7 Å². The lowest BCUT2D eigenvalue weighted by Gasteiger charge is -1.96. The Hall–Kier alpha value is -1.31. The summed E-state index contributed by atoms with van der Waals surface area (Å²) in [5.74, 6) is 0. The average molecular weight is 146 g/mol. The Morgan fingerprint density at radius 1 is 1.45 bits per heavy atom. The van der Waals surface area contributed by atoms with E-state index in [1.54, 1.807) is 0 Å². The largest absolute Gasteiger partial charge is 0.318 e. The Labute approximate surface area is 65.5 Å². The predicted octanol–water partition coefficient (Wildman–Crippen LogP) is 1.90. The third kappa shape index (κ3) is 0.909. The van der Waals surface area contributed by atoms with Crippen molar-refractivity contribution in [3.05, 3.63) is 36.4 Å². The average Bonchev–Trinajstić information content (AvgIpc) is 2.47. The number of hydrogen-bond acceptors (Lipinski definition) is 1. The van der Waals surface area contributed by atoms with Gasteiger partial charge in [-0.1, -0.05) is 6.92 Å². The molecule has 2 heteroatoms. The Bertz CT molecular complexity index is 362. The van der Waals surface area contributed by atoms with Crippen LogP contribution >= 0.6 is 0 Å². The smallest absolute Gasteiger partial charge is 0.0636 e. The molecule has 2 heterocycles. The molecule has 0 aliphatic heterocycles. The zero-order valence-electron chi connectivity index (χ0n) is 6.49. The number of aryl methyl sites for hydroxylation is 1. The Kier molecular flexibility index (Phi) is 1.39. The molecule has 0 bridgehead atoms. The van der Waals surface area contributed by atoms with Crippen molar-refractivity contribution in [3.8, 4) is 0 Å². The number of aromatic nitrogens is 2. The van der Waals surface area contributed by atoms with Gasteiger partial charge in [0, 0.05) is 18.1 Å². The van der Waals surface area contributed by atoms with Gasteiger partial charge in [0.15, 0.2) is 0 Å². The monoisotopic (exact) mass is 146 g/mol. The summed E-state index contributed by atoms with van der Waals surface area (Å²) in [6.45, 7) is 2.15. The minimum atomic E-state index is 1.07. The van der Waals surface area contributed by atoms with Crippen molar-refractivity contribution in [1.29, 1.82) is 0 Å². The van der Waals surface area contributed by atoms with E-state index in [9.17, 15) is 0 Å². The van der Waals surface area contributed by atoms with Gasteiger partial charge in [-0.2, -0.15) is 0 Å². The second-order valence-electron chi connectivity index (χ2n) is 2.55. The SMILES string of the molecule is CCc1ccc2cnccn12. The van der Waals surface area contributed by atoms with Gasteiger partial charge in [-0.25, -0.2) is 0 Å². The molecular formula is C9H10N2. The van der Waals surface area contributed by atoms with Gasteiger partial charge in [0.25, 0.3) is 0 Å². The number of hydrogen-bond donors (Lipinski definition) is 0. The highest BCUT2D eigenvalue weighted by molar-refractivity contribution is 5.47. The molecule has 56 valence electrons. The van der Waals surface area contributed by atoms with E-state index in [-0.39, 0.29) is 0 Å². The van der Waals surface area contributed by atoms with E-state index in [1.165, 1.54) is 11.2 Å². The minimum Gasteiger partial charge on any atom is -0.318 e. The van der Waals surface area contributed by atoms with Crippen LogP contribution in [0.25, 0.3) is 5.52 Å². The zero-order chi connectivity index (χ0) is 7.68. The van der Waals surface area contributed by atoms with Gasteiger partial charge in [0.2, 0.25) is 0 Å². The maximum Gasteiger partial charge on any atom is 0.0636 e. The Morgan fingerprint density at radius 3 is 3.18 bits per heavy atom. The van der Waals surface area contributed by atoms with Crippen LogP contribution in [-0.4, -0.2) is 9.38 Å². The molecule has 0 amide bonds. The fourth-order valence-electron chi connectivity index (χ4n) is 1.31. The number of nitrogens with zero attached hydrogens (tertiary/aromatic N) is 2. The molecule has 2 rings (SSSR count). The molecule has 0 spiro atoms. The Morgan fingerprint density at radius 2 is 2.36 bits per heavy atom. The molecule has 0 atom stereocenters. The minimum absolute atomic E-state index is 1.07. The van der Waals surface area contributed by atoms with Crippen molar-refractivity contribution in [2.45, 2.75) is 13.3 Å². The van der Waals surface area contributed by atoms with Gasteiger partial charge in [0.05, 0.1) is 11.7 Å². The summed E-state index contributed by atoms with van der Waals surface area (Å²) in [6.07, 6.45) is 6.75. The fraction of sp³-hybridized carbons (Fsp3) is 0.222. The van der Waals surface area contributed by atoms with Crippen LogP contribution in [0.2, 0.25) is 0 Å². The first-order valence-electron chi connectivity index (χ1n) is 3.82. The van der Waals surface area contributed by atoms with E-state index in [4.69, 9.17) is 0 Å². The molecular weight excluding hydrogens is 136 g/mol. The topological polar surface area (TPSA) is 17.3 Å². The molecule has 2 nitrogen and oxygen atoms in total. The maximum absolute atomic E-state index is 4.04. The first-order valence-corrected chi connectivity index (χ1v) is 3.82. The standard InChI is InChI=1S/C9H10N2/c1-2-8-3-4-9-7-10-5-6-11(8)9/h3-7H,2H2,1H3. The highest BCUT2D eigenvalue weighted by Crippen LogP contribution is 2.07. The molecule has 0 radical (unpaired) electrons. The first kappa shape index (κ1) is 6.40. The maximum atomic E-state index is 4.04. The van der Waals surface area contributed by atoms with Gasteiger partial charge in [0.1, 0.15) is 0 Å². The van der Waals surface area contributed by atoms with Crippen LogP contribution in [0.1, 0.15) is 12.6 Å². The summed E-state index contributed by atoms with van der Waals surface area (Å²) in [7, 11) is 0. The highest BCUT2D eigenvalue weighted by Gasteiger charge is 1.96. The lowest BCUT2D eigenvalue weighted by molar-refractivity contribution is 0.983. The molecule has 2 aromatic rings.